The zero-order valence-corrected chi connectivity index (χ0v) is 10.9. The third-order valence-electron chi connectivity index (χ3n) is 4.67. The summed E-state index contributed by atoms with van der Waals surface area (Å²) in [7, 11) is 1.71. The van der Waals surface area contributed by atoms with Crippen LogP contribution in [0.15, 0.2) is 0 Å². The number of carbonyl (C=O) groups is 2. The van der Waals surface area contributed by atoms with Gasteiger partial charge in [0, 0.05) is 13.7 Å². The number of nitrogens with zero attached hydrogens (tertiary/aromatic N) is 2. The molecule has 0 spiro atoms. The molecule has 18 heavy (non-hydrogen) atoms. The molecule has 5 nitrogen and oxygen atoms in total. The van der Waals surface area contributed by atoms with E-state index in [1.165, 1.54) is 0 Å². The predicted molar refractivity (Wildman–Crippen MR) is 64.9 cm³/mol. The van der Waals surface area contributed by atoms with Crippen LogP contribution in [-0.4, -0.2) is 60.0 Å². The van der Waals surface area contributed by atoms with Gasteiger partial charge in [0.25, 0.3) is 0 Å². The van der Waals surface area contributed by atoms with Gasteiger partial charge in [0.05, 0.1) is 18.7 Å². The summed E-state index contributed by atoms with van der Waals surface area (Å²) in [6, 6.07) is -0.194. The predicted octanol–water partition coefficient (Wildman–Crippen LogP) is 0.389. The second kappa shape index (κ2) is 4.23. The van der Waals surface area contributed by atoms with Crippen molar-refractivity contribution in [2.75, 3.05) is 26.7 Å². The average molecular weight is 252 g/mol. The Morgan fingerprint density at radius 1 is 1.33 bits per heavy atom. The Kier molecular flexibility index (Phi) is 2.81. The van der Waals surface area contributed by atoms with Crippen molar-refractivity contribution < 1.29 is 14.3 Å². The van der Waals surface area contributed by atoms with Gasteiger partial charge < -0.3 is 14.5 Å². The summed E-state index contributed by atoms with van der Waals surface area (Å²) < 4.78 is 5.55. The topological polar surface area (TPSA) is 49.9 Å². The largest absolute Gasteiger partial charge is 0.376 e. The van der Waals surface area contributed by atoms with E-state index in [9.17, 15) is 9.59 Å². The zero-order valence-electron chi connectivity index (χ0n) is 10.9. The monoisotopic (exact) mass is 252 g/mol. The molecule has 3 rings (SSSR count). The molecular weight excluding hydrogens is 232 g/mol. The number of piperazine rings is 1. The SMILES string of the molecule is COC1(CN2CC(=O)N3CCCC3C2=O)CCC1. The number of hydrogen-bond acceptors (Lipinski definition) is 3. The van der Waals surface area contributed by atoms with Crippen LogP contribution < -0.4 is 0 Å². The number of amides is 2. The lowest BCUT2D eigenvalue weighted by molar-refractivity contribution is -0.160. The molecule has 1 aliphatic carbocycles. The molecule has 5 heteroatoms. The number of methoxy groups -OCH3 is 1. The van der Waals surface area contributed by atoms with Crippen LogP contribution in [0.25, 0.3) is 0 Å². The molecule has 1 atom stereocenters. The van der Waals surface area contributed by atoms with E-state index in [1.54, 1.807) is 16.9 Å². The van der Waals surface area contributed by atoms with Gasteiger partial charge in [-0.25, -0.2) is 0 Å². The molecule has 2 aliphatic heterocycles. The number of ether oxygens (including phenoxy) is 1. The zero-order chi connectivity index (χ0) is 12.8. The first-order valence-corrected chi connectivity index (χ1v) is 6.79. The summed E-state index contributed by atoms with van der Waals surface area (Å²) >= 11 is 0. The van der Waals surface area contributed by atoms with Crippen molar-refractivity contribution in [1.82, 2.24) is 9.80 Å². The van der Waals surface area contributed by atoms with Gasteiger partial charge in [-0.3, -0.25) is 9.59 Å². The smallest absolute Gasteiger partial charge is 0.245 e. The maximum Gasteiger partial charge on any atom is 0.245 e. The third kappa shape index (κ3) is 1.72. The van der Waals surface area contributed by atoms with Crippen molar-refractivity contribution >= 4 is 11.8 Å². The summed E-state index contributed by atoms with van der Waals surface area (Å²) in [4.78, 5) is 27.8. The van der Waals surface area contributed by atoms with Crippen LogP contribution in [0.2, 0.25) is 0 Å². The van der Waals surface area contributed by atoms with Gasteiger partial charge in [-0.05, 0) is 32.1 Å². The van der Waals surface area contributed by atoms with Gasteiger partial charge >= 0.3 is 0 Å². The van der Waals surface area contributed by atoms with E-state index in [1.807, 2.05) is 0 Å². The van der Waals surface area contributed by atoms with Crippen LogP contribution in [0.3, 0.4) is 0 Å². The lowest BCUT2D eigenvalue weighted by atomic mass is 9.79. The van der Waals surface area contributed by atoms with Crippen molar-refractivity contribution in [3.63, 3.8) is 0 Å². The Morgan fingerprint density at radius 2 is 2.11 bits per heavy atom. The van der Waals surface area contributed by atoms with Crippen LogP contribution in [0.4, 0.5) is 0 Å². The summed E-state index contributed by atoms with van der Waals surface area (Å²) in [5.74, 6) is 0.220. The summed E-state index contributed by atoms with van der Waals surface area (Å²) in [5, 5.41) is 0. The Bertz CT molecular complexity index is 373. The van der Waals surface area contributed by atoms with Crippen molar-refractivity contribution in [2.45, 2.75) is 43.7 Å². The Morgan fingerprint density at radius 3 is 2.72 bits per heavy atom. The van der Waals surface area contributed by atoms with Crippen molar-refractivity contribution in [1.29, 1.82) is 0 Å². The van der Waals surface area contributed by atoms with Gasteiger partial charge in [-0.1, -0.05) is 0 Å². The van der Waals surface area contributed by atoms with Crippen LogP contribution in [0.5, 0.6) is 0 Å². The minimum atomic E-state index is -0.194. The highest BCUT2D eigenvalue weighted by atomic mass is 16.5. The summed E-state index contributed by atoms with van der Waals surface area (Å²) in [6.07, 6.45) is 4.91. The van der Waals surface area contributed by atoms with Gasteiger partial charge in [-0.2, -0.15) is 0 Å². The molecule has 100 valence electrons. The average Bonchev–Trinajstić information content (AvgIpc) is 2.79. The molecule has 0 aromatic heterocycles. The first kappa shape index (κ1) is 12.0. The molecule has 3 aliphatic rings. The maximum absolute atomic E-state index is 12.4. The molecule has 0 N–H and O–H groups in total. The molecule has 0 bridgehead atoms. The lowest BCUT2D eigenvalue weighted by Gasteiger charge is -2.46. The van der Waals surface area contributed by atoms with Crippen LogP contribution in [0.1, 0.15) is 32.1 Å². The quantitative estimate of drug-likeness (QED) is 0.730. The Balaban J connectivity index is 1.73. The third-order valence-corrected chi connectivity index (χ3v) is 4.67. The maximum atomic E-state index is 12.4. The second-order valence-corrected chi connectivity index (χ2v) is 5.68. The van der Waals surface area contributed by atoms with Crippen molar-refractivity contribution in [3.05, 3.63) is 0 Å². The number of fused-ring (bicyclic) bond motifs is 1. The van der Waals surface area contributed by atoms with Crippen LogP contribution in [-0.2, 0) is 14.3 Å². The number of carbonyl (C=O) groups excluding carboxylic acids is 2. The van der Waals surface area contributed by atoms with Gasteiger partial charge in [0.15, 0.2) is 0 Å². The Hall–Kier alpha value is -1.10. The van der Waals surface area contributed by atoms with Gasteiger partial charge in [0.1, 0.15) is 6.04 Å². The van der Waals surface area contributed by atoms with Crippen LogP contribution >= 0.6 is 0 Å². The molecule has 3 fully saturated rings. The summed E-state index contributed by atoms with van der Waals surface area (Å²) in [5.41, 5.74) is -0.184. The molecule has 1 saturated carbocycles. The molecule has 0 radical (unpaired) electrons. The van der Waals surface area contributed by atoms with Gasteiger partial charge in [-0.15, -0.1) is 0 Å². The molecule has 0 aromatic carbocycles. The van der Waals surface area contributed by atoms with E-state index < -0.39 is 0 Å². The molecular formula is C13H20N2O3. The first-order chi connectivity index (χ1) is 8.65. The molecule has 2 amide bonds. The van der Waals surface area contributed by atoms with Crippen molar-refractivity contribution in [2.24, 2.45) is 0 Å². The Labute approximate surface area is 107 Å². The summed E-state index contributed by atoms with van der Waals surface area (Å²) in [6.45, 7) is 1.57. The molecule has 2 saturated heterocycles. The fourth-order valence-electron chi connectivity index (χ4n) is 3.34. The second-order valence-electron chi connectivity index (χ2n) is 5.68. The van der Waals surface area contributed by atoms with Gasteiger partial charge in [0.2, 0.25) is 11.8 Å². The van der Waals surface area contributed by atoms with Crippen molar-refractivity contribution in [3.8, 4) is 0 Å². The van der Waals surface area contributed by atoms with E-state index >= 15 is 0 Å². The molecule has 0 aromatic rings. The lowest BCUT2D eigenvalue weighted by Crippen LogP contribution is -2.61. The van der Waals surface area contributed by atoms with E-state index in [-0.39, 0.29) is 30.0 Å². The highest BCUT2D eigenvalue weighted by Crippen LogP contribution is 2.36. The minimum Gasteiger partial charge on any atom is -0.376 e. The minimum absolute atomic E-state index is 0.0997. The number of hydrogen-bond donors (Lipinski definition) is 0. The standard InChI is InChI=1S/C13H20N2O3/c1-18-13(5-3-6-13)9-14-8-11(16)15-7-2-4-10(15)12(14)17/h10H,2-9H2,1H3. The first-order valence-electron chi connectivity index (χ1n) is 6.79. The highest BCUT2D eigenvalue weighted by molar-refractivity contribution is 5.95. The highest BCUT2D eigenvalue weighted by Gasteiger charge is 2.46. The molecule has 1 unspecified atom stereocenters. The van der Waals surface area contributed by atoms with E-state index in [0.29, 0.717) is 6.54 Å². The van der Waals surface area contributed by atoms with E-state index in [4.69, 9.17) is 4.74 Å². The molecule has 2 heterocycles. The fourth-order valence-corrected chi connectivity index (χ4v) is 3.34. The number of rotatable bonds is 3. The fraction of sp³-hybridized carbons (Fsp3) is 0.846. The van der Waals surface area contributed by atoms with Crippen LogP contribution in [0, 0.1) is 0 Å². The van der Waals surface area contributed by atoms with E-state index in [2.05, 4.69) is 0 Å². The van der Waals surface area contributed by atoms with E-state index in [0.717, 1.165) is 38.6 Å². The normalized spacial score (nSPS) is 30.4.